The van der Waals surface area contributed by atoms with Crippen molar-refractivity contribution in [2.75, 3.05) is 0 Å². The van der Waals surface area contributed by atoms with Crippen LogP contribution in [0.3, 0.4) is 0 Å². The van der Waals surface area contributed by atoms with Crippen LogP contribution in [-0.2, 0) is 0 Å². The molecule has 3 N–H and O–H groups in total. The van der Waals surface area contributed by atoms with E-state index in [0.29, 0.717) is 6.17 Å². The first-order valence-corrected chi connectivity index (χ1v) is 9.32. The highest BCUT2D eigenvalue weighted by atomic mass is 15.3. The van der Waals surface area contributed by atoms with E-state index >= 15 is 0 Å². The van der Waals surface area contributed by atoms with E-state index in [1.54, 1.807) is 0 Å². The fourth-order valence-corrected chi connectivity index (χ4v) is 3.09. The molecule has 3 heteroatoms. The van der Waals surface area contributed by atoms with Crippen molar-refractivity contribution in [2.45, 2.75) is 96.8 Å². The van der Waals surface area contributed by atoms with Crippen molar-refractivity contribution < 1.29 is 0 Å². The van der Waals surface area contributed by atoms with Crippen molar-refractivity contribution in [2.24, 2.45) is 5.73 Å². The number of hydrogen-bond acceptors (Lipinski definition) is 3. The first-order chi connectivity index (χ1) is 10.8. The Morgan fingerprint density at radius 1 is 1.05 bits per heavy atom. The van der Waals surface area contributed by atoms with E-state index in [1.807, 2.05) is 13.1 Å². The van der Waals surface area contributed by atoms with E-state index in [-0.39, 0.29) is 6.17 Å². The molecule has 3 nitrogen and oxygen atoms in total. The highest BCUT2D eigenvalue weighted by molar-refractivity contribution is 4.95. The van der Waals surface area contributed by atoms with E-state index in [1.165, 1.54) is 70.6 Å². The second-order valence-corrected chi connectivity index (χ2v) is 6.51. The van der Waals surface area contributed by atoms with Crippen molar-refractivity contribution in [3.05, 3.63) is 24.6 Å². The van der Waals surface area contributed by atoms with E-state index in [0.717, 1.165) is 0 Å². The molecule has 22 heavy (non-hydrogen) atoms. The number of nitrogens with two attached hydrogens (primary N) is 1. The summed E-state index contributed by atoms with van der Waals surface area (Å²) < 4.78 is 0. The van der Waals surface area contributed by atoms with Crippen LogP contribution in [-0.4, -0.2) is 17.2 Å². The third kappa shape index (κ3) is 8.47. The van der Waals surface area contributed by atoms with Gasteiger partial charge in [-0.1, -0.05) is 57.1 Å². The number of allylic oxidation sites excluding steroid dienone is 2. The lowest BCUT2D eigenvalue weighted by molar-refractivity contribution is 0.208. The number of nitrogens with zero attached hydrogens (tertiary/aromatic N) is 1. The summed E-state index contributed by atoms with van der Waals surface area (Å²) in [5.41, 5.74) is 5.96. The third-order valence-electron chi connectivity index (χ3n) is 4.45. The third-order valence-corrected chi connectivity index (χ3v) is 4.45. The maximum atomic E-state index is 5.96. The second kappa shape index (κ2) is 12.6. The standard InChI is InChI=1S/C19H37N3/c1-3-4-5-6-7-8-9-10-11-12-13-14-15-19-21-16-17-22(19)18(2)20/h3-4,16-19,21H,5-15,20H2,1-2H3/b4-3+. The molecule has 0 aromatic heterocycles. The maximum absolute atomic E-state index is 5.96. The number of rotatable bonds is 13. The van der Waals surface area contributed by atoms with Gasteiger partial charge in [0.1, 0.15) is 0 Å². The SMILES string of the molecule is C/C=C/CCCCCCCCCCCC1NC=CN1C(C)N. The molecule has 128 valence electrons. The van der Waals surface area contributed by atoms with Gasteiger partial charge >= 0.3 is 0 Å². The first kappa shape index (κ1) is 19.1. The molecule has 0 radical (unpaired) electrons. The van der Waals surface area contributed by atoms with Crippen LogP contribution in [0.5, 0.6) is 0 Å². The lowest BCUT2D eigenvalue weighted by Crippen LogP contribution is -2.44. The van der Waals surface area contributed by atoms with Crippen molar-refractivity contribution >= 4 is 0 Å². The average molecular weight is 308 g/mol. The second-order valence-electron chi connectivity index (χ2n) is 6.51. The minimum absolute atomic E-state index is 0.101. The van der Waals surface area contributed by atoms with Crippen molar-refractivity contribution in [1.82, 2.24) is 10.2 Å². The Morgan fingerprint density at radius 2 is 1.64 bits per heavy atom. The molecule has 0 spiro atoms. The van der Waals surface area contributed by atoms with E-state index in [4.69, 9.17) is 5.73 Å². The van der Waals surface area contributed by atoms with Crippen LogP contribution in [0.2, 0.25) is 0 Å². The summed E-state index contributed by atoms with van der Waals surface area (Å²) in [6, 6.07) is 0. The molecule has 1 heterocycles. The molecular weight excluding hydrogens is 270 g/mol. The molecule has 0 saturated carbocycles. The van der Waals surface area contributed by atoms with Gasteiger partial charge in [-0.2, -0.15) is 0 Å². The zero-order valence-corrected chi connectivity index (χ0v) is 14.8. The number of unbranched alkanes of at least 4 members (excludes halogenated alkanes) is 9. The molecule has 0 fully saturated rings. The zero-order chi connectivity index (χ0) is 16.0. The van der Waals surface area contributed by atoms with Gasteiger partial charge in [-0.3, -0.25) is 0 Å². The van der Waals surface area contributed by atoms with Crippen LogP contribution < -0.4 is 11.1 Å². The molecule has 2 atom stereocenters. The Hall–Kier alpha value is -0.960. The molecule has 0 aliphatic carbocycles. The van der Waals surface area contributed by atoms with E-state index < -0.39 is 0 Å². The monoisotopic (exact) mass is 307 g/mol. The van der Waals surface area contributed by atoms with E-state index in [9.17, 15) is 0 Å². The zero-order valence-electron chi connectivity index (χ0n) is 14.8. The summed E-state index contributed by atoms with van der Waals surface area (Å²) >= 11 is 0. The lowest BCUT2D eigenvalue weighted by atomic mass is 10.0. The van der Waals surface area contributed by atoms with Crippen LogP contribution in [0, 0.1) is 0 Å². The number of nitrogens with one attached hydrogen (secondary N) is 1. The lowest BCUT2D eigenvalue weighted by Gasteiger charge is -2.28. The largest absolute Gasteiger partial charge is 0.370 e. The van der Waals surface area contributed by atoms with Gasteiger partial charge in [0.2, 0.25) is 0 Å². The predicted octanol–water partition coefficient (Wildman–Crippen LogP) is 4.86. The fraction of sp³-hybridized carbons (Fsp3) is 0.789. The summed E-state index contributed by atoms with van der Waals surface area (Å²) in [7, 11) is 0. The smallest absolute Gasteiger partial charge is 0.0995 e. The van der Waals surface area contributed by atoms with Crippen LogP contribution in [0.4, 0.5) is 0 Å². The Balaban J connectivity index is 1.84. The summed E-state index contributed by atoms with van der Waals surface area (Å²) in [5.74, 6) is 0. The minimum atomic E-state index is 0.101. The molecule has 2 unspecified atom stereocenters. The minimum Gasteiger partial charge on any atom is -0.370 e. The van der Waals surface area contributed by atoms with Crippen molar-refractivity contribution in [1.29, 1.82) is 0 Å². The highest BCUT2D eigenvalue weighted by Gasteiger charge is 2.20. The molecule has 0 bridgehead atoms. The van der Waals surface area contributed by atoms with Gasteiger partial charge in [-0.15, -0.1) is 0 Å². The van der Waals surface area contributed by atoms with Gasteiger partial charge in [-0.25, -0.2) is 0 Å². The summed E-state index contributed by atoms with van der Waals surface area (Å²) in [5, 5.41) is 3.39. The van der Waals surface area contributed by atoms with Gasteiger partial charge < -0.3 is 16.0 Å². The molecular formula is C19H37N3. The van der Waals surface area contributed by atoms with Crippen LogP contribution in [0.25, 0.3) is 0 Å². The van der Waals surface area contributed by atoms with Crippen molar-refractivity contribution in [3.63, 3.8) is 0 Å². The van der Waals surface area contributed by atoms with Gasteiger partial charge in [-0.05, 0) is 39.5 Å². The highest BCUT2D eigenvalue weighted by Crippen LogP contribution is 2.16. The Kier molecular flexibility index (Phi) is 10.9. The summed E-state index contributed by atoms with van der Waals surface area (Å²) in [6.07, 6.45) is 24.0. The molecule has 1 aliphatic rings. The first-order valence-electron chi connectivity index (χ1n) is 9.32. The van der Waals surface area contributed by atoms with Gasteiger partial charge in [0.05, 0.1) is 12.3 Å². The molecule has 0 amide bonds. The molecule has 1 aliphatic heterocycles. The quantitative estimate of drug-likeness (QED) is 0.377. The molecule has 0 aromatic carbocycles. The molecule has 0 aromatic rings. The normalized spacial score (nSPS) is 19.0. The molecule has 1 rings (SSSR count). The topological polar surface area (TPSA) is 41.3 Å². The van der Waals surface area contributed by atoms with Crippen LogP contribution in [0.15, 0.2) is 24.6 Å². The van der Waals surface area contributed by atoms with Gasteiger partial charge in [0.15, 0.2) is 0 Å². The Labute approximate surface area is 138 Å². The average Bonchev–Trinajstić information content (AvgIpc) is 2.97. The van der Waals surface area contributed by atoms with Gasteiger partial charge in [0.25, 0.3) is 0 Å². The Bertz CT molecular complexity index is 310. The summed E-state index contributed by atoms with van der Waals surface area (Å²) in [4.78, 5) is 2.22. The predicted molar refractivity (Wildman–Crippen MR) is 97.2 cm³/mol. The van der Waals surface area contributed by atoms with Gasteiger partial charge in [0, 0.05) is 12.4 Å². The Morgan fingerprint density at radius 3 is 2.23 bits per heavy atom. The van der Waals surface area contributed by atoms with Crippen LogP contribution in [0.1, 0.15) is 84.5 Å². The molecule has 0 saturated heterocycles. The van der Waals surface area contributed by atoms with E-state index in [2.05, 4.69) is 35.5 Å². The fourth-order valence-electron chi connectivity index (χ4n) is 3.09. The van der Waals surface area contributed by atoms with Crippen molar-refractivity contribution in [3.8, 4) is 0 Å². The maximum Gasteiger partial charge on any atom is 0.0995 e. The number of hydrogen-bond donors (Lipinski definition) is 2. The van der Waals surface area contributed by atoms with Crippen LogP contribution >= 0.6 is 0 Å². The summed E-state index contributed by atoms with van der Waals surface area (Å²) in [6.45, 7) is 4.15.